The standard InChI is InChI=1S/C18H23N3O3/c1-23-17-5-3-15(4-6-17)13-16(14-19)18(22)20-7-2-8-21-9-11-24-12-10-21/h3-6,13H,2,7-12H2,1H3,(H,20,22). The summed E-state index contributed by atoms with van der Waals surface area (Å²) in [7, 11) is 1.59. The van der Waals surface area contributed by atoms with Crippen LogP contribution in [-0.2, 0) is 9.53 Å². The molecule has 1 N–H and O–H groups in total. The van der Waals surface area contributed by atoms with Gasteiger partial charge in [0.2, 0.25) is 0 Å². The summed E-state index contributed by atoms with van der Waals surface area (Å²) in [6.07, 6.45) is 2.43. The molecular formula is C18H23N3O3. The smallest absolute Gasteiger partial charge is 0.261 e. The van der Waals surface area contributed by atoms with Crippen molar-refractivity contribution in [3.63, 3.8) is 0 Å². The Labute approximate surface area is 142 Å². The van der Waals surface area contributed by atoms with Crippen LogP contribution in [0.25, 0.3) is 6.08 Å². The Hall–Kier alpha value is -2.36. The second-order valence-electron chi connectivity index (χ2n) is 5.51. The molecule has 0 unspecified atom stereocenters. The number of nitrogens with one attached hydrogen (secondary N) is 1. The zero-order chi connectivity index (χ0) is 17.2. The summed E-state index contributed by atoms with van der Waals surface area (Å²) < 4.78 is 10.4. The van der Waals surface area contributed by atoms with Gasteiger partial charge in [-0.05, 0) is 36.7 Å². The number of methoxy groups -OCH3 is 1. The monoisotopic (exact) mass is 329 g/mol. The number of hydrogen-bond donors (Lipinski definition) is 1. The first-order valence-electron chi connectivity index (χ1n) is 8.07. The van der Waals surface area contributed by atoms with E-state index in [4.69, 9.17) is 9.47 Å². The molecule has 1 saturated heterocycles. The number of amides is 1. The Bertz CT molecular complexity index is 599. The lowest BCUT2D eigenvalue weighted by Gasteiger charge is -2.26. The molecule has 1 amide bonds. The third-order valence-electron chi connectivity index (χ3n) is 3.83. The molecule has 0 aliphatic carbocycles. The van der Waals surface area contributed by atoms with Gasteiger partial charge in [0.25, 0.3) is 5.91 Å². The van der Waals surface area contributed by atoms with E-state index in [1.54, 1.807) is 25.3 Å². The lowest BCUT2D eigenvalue weighted by Crippen LogP contribution is -2.38. The zero-order valence-corrected chi connectivity index (χ0v) is 14.0. The van der Waals surface area contributed by atoms with Crippen molar-refractivity contribution in [3.8, 4) is 11.8 Å². The lowest BCUT2D eigenvalue weighted by molar-refractivity contribution is -0.117. The highest BCUT2D eigenvalue weighted by atomic mass is 16.5. The van der Waals surface area contributed by atoms with Gasteiger partial charge in [0.1, 0.15) is 17.4 Å². The number of morpholine rings is 1. The number of nitriles is 1. The Morgan fingerprint density at radius 3 is 2.71 bits per heavy atom. The predicted octanol–water partition coefficient (Wildman–Crippen LogP) is 1.44. The van der Waals surface area contributed by atoms with E-state index in [1.807, 2.05) is 18.2 Å². The molecule has 24 heavy (non-hydrogen) atoms. The molecular weight excluding hydrogens is 306 g/mol. The molecule has 6 heteroatoms. The second kappa shape index (κ2) is 9.71. The molecule has 0 atom stereocenters. The second-order valence-corrected chi connectivity index (χ2v) is 5.51. The van der Waals surface area contributed by atoms with Gasteiger partial charge in [0.15, 0.2) is 0 Å². The van der Waals surface area contributed by atoms with Crippen LogP contribution in [0.15, 0.2) is 29.8 Å². The Morgan fingerprint density at radius 1 is 1.38 bits per heavy atom. The molecule has 6 nitrogen and oxygen atoms in total. The molecule has 0 saturated carbocycles. The third kappa shape index (κ3) is 5.69. The van der Waals surface area contributed by atoms with Gasteiger partial charge in [0.05, 0.1) is 20.3 Å². The van der Waals surface area contributed by atoms with E-state index < -0.39 is 0 Å². The molecule has 1 fully saturated rings. The first kappa shape index (κ1) is 18.0. The largest absolute Gasteiger partial charge is 0.497 e. The van der Waals surface area contributed by atoms with Crippen molar-refractivity contribution in [1.82, 2.24) is 10.2 Å². The molecule has 1 heterocycles. The number of nitrogens with zero attached hydrogens (tertiary/aromatic N) is 2. The average molecular weight is 329 g/mol. The molecule has 2 rings (SSSR count). The van der Waals surface area contributed by atoms with Crippen LogP contribution in [0.5, 0.6) is 5.75 Å². The van der Waals surface area contributed by atoms with E-state index in [9.17, 15) is 10.1 Å². The maximum Gasteiger partial charge on any atom is 0.261 e. The molecule has 1 aromatic carbocycles. The zero-order valence-electron chi connectivity index (χ0n) is 14.0. The van der Waals surface area contributed by atoms with Crippen LogP contribution in [0, 0.1) is 11.3 Å². The summed E-state index contributed by atoms with van der Waals surface area (Å²) in [5.41, 5.74) is 0.891. The van der Waals surface area contributed by atoms with Crippen LogP contribution in [0.1, 0.15) is 12.0 Å². The molecule has 128 valence electrons. The van der Waals surface area contributed by atoms with E-state index in [2.05, 4.69) is 10.2 Å². The van der Waals surface area contributed by atoms with E-state index >= 15 is 0 Å². The van der Waals surface area contributed by atoms with Gasteiger partial charge < -0.3 is 14.8 Å². The first-order chi connectivity index (χ1) is 11.7. The number of hydrogen-bond acceptors (Lipinski definition) is 5. The Kier molecular flexibility index (Phi) is 7.27. The van der Waals surface area contributed by atoms with E-state index in [-0.39, 0.29) is 11.5 Å². The van der Waals surface area contributed by atoms with Crippen molar-refractivity contribution in [3.05, 3.63) is 35.4 Å². The highest BCUT2D eigenvalue weighted by molar-refractivity contribution is 6.01. The number of carbonyl (C=O) groups is 1. The Morgan fingerprint density at radius 2 is 2.08 bits per heavy atom. The number of carbonyl (C=O) groups excluding carboxylic acids is 1. The third-order valence-corrected chi connectivity index (χ3v) is 3.83. The molecule has 0 bridgehead atoms. The Balaban J connectivity index is 1.79. The van der Waals surface area contributed by atoms with Crippen LogP contribution in [0.4, 0.5) is 0 Å². The van der Waals surface area contributed by atoms with E-state index in [0.29, 0.717) is 6.54 Å². The maximum absolute atomic E-state index is 12.1. The summed E-state index contributed by atoms with van der Waals surface area (Å²) in [5.74, 6) is 0.397. The van der Waals surface area contributed by atoms with Gasteiger partial charge in [-0.15, -0.1) is 0 Å². The fraction of sp³-hybridized carbons (Fsp3) is 0.444. The predicted molar refractivity (Wildman–Crippen MR) is 91.5 cm³/mol. The minimum atomic E-state index is -0.338. The number of benzene rings is 1. The highest BCUT2D eigenvalue weighted by Gasteiger charge is 2.11. The summed E-state index contributed by atoms with van der Waals surface area (Å²) in [5, 5.41) is 12.0. The van der Waals surface area contributed by atoms with Crippen LogP contribution in [0.2, 0.25) is 0 Å². The molecule has 0 radical (unpaired) electrons. The van der Waals surface area contributed by atoms with Gasteiger partial charge >= 0.3 is 0 Å². The van der Waals surface area contributed by atoms with Crippen molar-refractivity contribution in [1.29, 1.82) is 5.26 Å². The van der Waals surface area contributed by atoms with E-state index in [1.165, 1.54) is 0 Å². The fourth-order valence-corrected chi connectivity index (χ4v) is 2.44. The SMILES string of the molecule is COc1ccc(C=C(C#N)C(=O)NCCCN2CCOCC2)cc1. The average Bonchev–Trinajstić information content (AvgIpc) is 2.64. The normalized spacial score (nSPS) is 15.6. The van der Waals surface area contributed by atoms with Crippen molar-refractivity contribution in [2.75, 3.05) is 46.5 Å². The van der Waals surface area contributed by atoms with Crippen LogP contribution < -0.4 is 10.1 Å². The van der Waals surface area contributed by atoms with Crippen LogP contribution in [0.3, 0.4) is 0 Å². The summed E-state index contributed by atoms with van der Waals surface area (Å²) in [4.78, 5) is 14.4. The molecule has 1 aliphatic heterocycles. The van der Waals surface area contributed by atoms with Crippen molar-refractivity contribution < 1.29 is 14.3 Å². The quantitative estimate of drug-likeness (QED) is 0.465. The van der Waals surface area contributed by atoms with Crippen molar-refractivity contribution in [2.45, 2.75) is 6.42 Å². The van der Waals surface area contributed by atoms with Gasteiger partial charge in [-0.1, -0.05) is 12.1 Å². The van der Waals surface area contributed by atoms with Crippen molar-refractivity contribution >= 4 is 12.0 Å². The van der Waals surface area contributed by atoms with Crippen LogP contribution >= 0.6 is 0 Å². The minimum Gasteiger partial charge on any atom is -0.497 e. The topological polar surface area (TPSA) is 74.6 Å². The van der Waals surface area contributed by atoms with E-state index in [0.717, 1.165) is 50.6 Å². The first-order valence-corrected chi connectivity index (χ1v) is 8.07. The summed E-state index contributed by atoms with van der Waals surface area (Å²) in [6, 6.07) is 9.16. The molecule has 0 spiro atoms. The van der Waals surface area contributed by atoms with Crippen LogP contribution in [-0.4, -0.2) is 57.3 Å². The van der Waals surface area contributed by atoms with Gasteiger partial charge in [-0.3, -0.25) is 9.69 Å². The molecule has 1 aliphatic rings. The fourth-order valence-electron chi connectivity index (χ4n) is 2.44. The highest BCUT2D eigenvalue weighted by Crippen LogP contribution is 2.13. The van der Waals surface area contributed by atoms with Gasteiger partial charge in [0, 0.05) is 19.6 Å². The molecule has 0 aromatic heterocycles. The summed E-state index contributed by atoms with van der Waals surface area (Å²) in [6.45, 7) is 4.90. The van der Waals surface area contributed by atoms with Gasteiger partial charge in [-0.2, -0.15) is 5.26 Å². The maximum atomic E-state index is 12.1. The summed E-state index contributed by atoms with van der Waals surface area (Å²) >= 11 is 0. The molecule has 1 aromatic rings. The lowest BCUT2D eigenvalue weighted by atomic mass is 10.1. The number of ether oxygens (including phenoxy) is 2. The van der Waals surface area contributed by atoms with Crippen molar-refractivity contribution in [2.24, 2.45) is 0 Å². The minimum absolute atomic E-state index is 0.103. The number of rotatable bonds is 7. The van der Waals surface area contributed by atoms with Gasteiger partial charge in [-0.25, -0.2) is 0 Å².